The van der Waals surface area contributed by atoms with E-state index >= 15 is 0 Å². The molecule has 160 valence electrons. The number of ether oxygens (including phenoxy) is 1. The van der Waals surface area contributed by atoms with Crippen LogP contribution in [0, 0.1) is 0 Å². The van der Waals surface area contributed by atoms with Gasteiger partial charge in [-0.05, 0) is 48.9 Å². The van der Waals surface area contributed by atoms with Crippen LogP contribution >= 0.6 is 0 Å². The molecule has 4 bridgehead atoms. The Bertz CT molecular complexity index is 695. The number of aryl methyl sites for hydroxylation is 1. The number of nitrogens with one attached hydrogen (secondary N) is 1. The number of nitrogens with two attached hydrogens (primary N) is 1. The number of fused-ring (bicyclic) bond motifs is 3. The van der Waals surface area contributed by atoms with Gasteiger partial charge in [0.25, 0.3) is 0 Å². The van der Waals surface area contributed by atoms with Gasteiger partial charge in [-0.25, -0.2) is 0 Å². The van der Waals surface area contributed by atoms with Crippen molar-refractivity contribution < 1.29 is 9.53 Å². The molecule has 0 radical (unpaired) electrons. The molecule has 29 heavy (non-hydrogen) atoms. The van der Waals surface area contributed by atoms with E-state index in [0.717, 1.165) is 39.3 Å². The van der Waals surface area contributed by atoms with Crippen LogP contribution in [-0.2, 0) is 29.0 Å². The average molecular weight is 401 g/mol. The van der Waals surface area contributed by atoms with Gasteiger partial charge in [-0.2, -0.15) is 0 Å². The Labute approximate surface area is 174 Å². The van der Waals surface area contributed by atoms with Gasteiger partial charge in [0.15, 0.2) is 0 Å². The van der Waals surface area contributed by atoms with Gasteiger partial charge in [-0.1, -0.05) is 37.5 Å². The third kappa shape index (κ3) is 5.37. The molecular weight excluding hydrogens is 364 g/mol. The van der Waals surface area contributed by atoms with Gasteiger partial charge in [0.05, 0.1) is 18.9 Å². The van der Waals surface area contributed by atoms with Gasteiger partial charge >= 0.3 is 0 Å². The lowest BCUT2D eigenvalue weighted by atomic mass is 9.98. The first-order chi connectivity index (χ1) is 14.2. The molecule has 3 aliphatic rings. The molecule has 1 amide bonds. The highest BCUT2D eigenvalue weighted by Gasteiger charge is 2.36. The Morgan fingerprint density at radius 2 is 1.90 bits per heavy atom. The smallest absolute Gasteiger partial charge is 0.234 e. The molecule has 3 aliphatic heterocycles. The lowest BCUT2D eigenvalue weighted by Gasteiger charge is -2.22. The molecule has 0 spiro atoms. The van der Waals surface area contributed by atoms with Crippen molar-refractivity contribution in [2.45, 2.75) is 70.2 Å². The summed E-state index contributed by atoms with van der Waals surface area (Å²) in [6.07, 6.45) is 8.40. The van der Waals surface area contributed by atoms with Crippen molar-refractivity contribution >= 4 is 5.91 Å². The summed E-state index contributed by atoms with van der Waals surface area (Å²) in [5.74, 6) is -0.225. The fourth-order valence-corrected chi connectivity index (χ4v) is 5.06. The Hall–Kier alpha value is -1.47. The highest BCUT2D eigenvalue weighted by molar-refractivity contribution is 5.80. The molecule has 0 saturated carbocycles. The number of hydrogen-bond acceptors (Lipinski definition) is 5. The van der Waals surface area contributed by atoms with Gasteiger partial charge in [-0.15, -0.1) is 0 Å². The average Bonchev–Trinajstić information content (AvgIpc) is 3.31. The molecule has 3 heterocycles. The van der Waals surface area contributed by atoms with Crippen molar-refractivity contribution in [3.05, 3.63) is 34.9 Å². The molecule has 4 unspecified atom stereocenters. The number of hydrogen-bond donors (Lipinski definition) is 2. The van der Waals surface area contributed by atoms with E-state index in [0.29, 0.717) is 13.2 Å². The van der Waals surface area contributed by atoms with E-state index in [1.165, 1.54) is 55.2 Å². The summed E-state index contributed by atoms with van der Waals surface area (Å²) in [4.78, 5) is 16.5. The molecule has 3 N–H and O–H groups in total. The number of carbonyl (C=O) groups excluding carboxylic acids is 1. The number of benzene rings is 1. The van der Waals surface area contributed by atoms with E-state index in [-0.39, 0.29) is 18.1 Å². The second kappa shape index (κ2) is 10.0. The first-order valence-electron chi connectivity index (χ1n) is 11.4. The first kappa shape index (κ1) is 20.8. The number of primary amides is 1. The van der Waals surface area contributed by atoms with E-state index in [1.54, 1.807) is 0 Å². The van der Waals surface area contributed by atoms with Gasteiger partial charge in [0.1, 0.15) is 0 Å². The Balaban J connectivity index is 1.41. The highest BCUT2D eigenvalue weighted by atomic mass is 16.5. The van der Waals surface area contributed by atoms with Crippen molar-refractivity contribution in [1.29, 1.82) is 0 Å². The Kier molecular flexibility index (Phi) is 7.19. The molecule has 0 aliphatic carbocycles. The predicted molar refractivity (Wildman–Crippen MR) is 114 cm³/mol. The molecule has 1 aromatic rings. The second-order valence-corrected chi connectivity index (χ2v) is 8.88. The van der Waals surface area contributed by atoms with Gasteiger partial charge in [0, 0.05) is 32.7 Å². The summed E-state index contributed by atoms with van der Waals surface area (Å²) in [7, 11) is 0. The van der Waals surface area contributed by atoms with E-state index < -0.39 is 0 Å². The van der Waals surface area contributed by atoms with E-state index in [2.05, 4.69) is 33.3 Å². The van der Waals surface area contributed by atoms with Crippen molar-refractivity contribution in [2.24, 2.45) is 5.73 Å². The second-order valence-electron chi connectivity index (χ2n) is 8.88. The third-order valence-electron chi connectivity index (χ3n) is 6.71. The van der Waals surface area contributed by atoms with Crippen LogP contribution in [0.25, 0.3) is 0 Å². The Morgan fingerprint density at radius 1 is 1.07 bits per heavy atom. The van der Waals surface area contributed by atoms with E-state index in [9.17, 15) is 4.79 Å². The zero-order valence-electron chi connectivity index (χ0n) is 17.6. The van der Waals surface area contributed by atoms with Crippen LogP contribution in [0.4, 0.5) is 0 Å². The van der Waals surface area contributed by atoms with Crippen LogP contribution < -0.4 is 11.1 Å². The van der Waals surface area contributed by atoms with Gasteiger partial charge < -0.3 is 15.8 Å². The summed E-state index contributed by atoms with van der Waals surface area (Å²) in [6.45, 7) is 6.16. The summed E-state index contributed by atoms with van der Waals surface area (Å²) < 4.78 is 6.24. The van der Waals surface area contributed by atoms with Crippen molar-refractivity contribution in [3.63, 3.8) is 0 Å². The normalized spacial score (nSPS) is 31.6. The van der Waals surface area contributed by atoms with Crippen LogP contribution in [0.3, 0.4) is 0 Å². The number of rotatable bonds is 1. The standard InChI is InChI=1S/C23H36N4O2/c24-23(28)22-13-20-15-27(22)12-11-25-10-5-3-1-2-4-7-18-8-6-9-19-14-26(17-29-20)16-21(18)19/h6,8-9,20,22,25H,1-5,7,10-17H2,(H2,24,28). The minimum atomic E-state index is -0.225. The molecule has 4 atom stereocenters. The minimum absolute atomic E-state index is 0.0813. The molecular formula is C23H36N4O2. The SMILES string of the molecule is NC(=O)C1CC2CN1CCNCCCCCCCc1cccc3c1CN(CO2)C3. The zero-order valence-corrected chi connectivity index (χ0v) is 17.6. The van der Waals surface area contributed by atoms with E-state index in [1.807, 2.05) is 0 Å². The van der Waals surface area contributed by atoms with E-state index in [4.69, 9.17) is 10.5 Å². The molecule has 1 saturated heterocycles. The van der Waals surface area contributed by atoms with Crippen molar-refractivity contribution in [2.75, 3.05) is 32.9 Å². The summed E-state index contributed by atoms with van der Waals surface area (Å²) in [5, 5.41) is 3.53. The molecule has 1 aromatic carbocycles. The Morgan fingerprint density at radius 3 is 2.79 bits per heavy atom. The third-order valence-corrected chi connectivity index (χ3v) is 6.71. The topological polar surface area (TPSA) is 70.8 Å². The number of nitrogens with zero attached hydrogens (tertiary/aromatic N) is 2. The van der Waals surface area contributed by atoms with Crippen LogP contribution in [0.15, 0.2) is 18.2 Å². The van der Waals surface area contributed by atoms with Gasteiger partial charge in [-0.3, -0.25) is 14.6 Å². The minimum Gasteiger partial charge on any atom is -0.368 e. The molecule has 6 nitrogen and oxygen atoms in total. The first-order valence-corrected chi connectivity index (χ1v) is 11.4. The van der Waals surface area contributed by atoms with Crippen LogP contribution in [0.5, 0.6) is 0 Å². The maximum Gasteiger partial charge on any atom is 0.234 e. The fourth-order valence-electron chi connectivity index (χ4n) is 5.06. The van der Waals surface area contributed by atoms with Gasteiger partial charge in [0.2, 0.25) is 5.91 Å². The lowest BCUT2D eigenvalue weighted by Crippen LogP contribution is -2.43. The molecule has 4 rings (SSSR count). The summed E-state index contributed by atoms with van der Waals surface area (Å²) >= 11 is 0. The summed E-state index contributed by atoms with van der Waals surface area (Å²) in [6, 6.07) is 6.58. The number of amides is 1. The van der Waals surface area contributed by atoms with Crippen LogP contribution in [0.1, 0.15) is 55.2 Å². The summed E-state index contributed by atoms with van der Waals surface area (Å²) in [5.41, 5.74) is 10.2. The fraction of sp³-hybridized carbons (Fsp3) is 0.696. The highest BCUT2D eigenvalue weighted by Crippen LogP contribution is 2.28. The maximum absolute atomic E-state index is 11.9. The zero-order chi connectivity index (χ0) is 20.1. The lowest BCUT2D eigenvalue weighted by molar-refractivity contribution is -0.122. The van der Waals surface area contributed by atoms with Crippen LogP contribution in [0.2, 0.25) is 0 Å². The molecule has 1 fully saturated rings. The quantitative estimate of drug-likeness (QED) is 0.755. The molecule has 6 heteroatoms. The van der Waals surface area contributed by atoms with Crippen molar-refractivity contribution in [1.82, 2.24) is 15.1 Å². The maximum atomic E-state index is 11.9. The van der Waals surface area contributed by atoms with Crippen molar-refractivity contribution in [3.8, 4) is 0 Å². The largest absolute Gasteiger partial charge is 0.368 e. The van der Waals surface area contributed by atoms with Crippen LogP contribution in [-0.4, -0.2) is 60.8 Å². The predicted octanol–water partition coefficient (Wildman–Crippen LogP) is 2.00. The number of carbonyl (C=O) groups is 1. The monoisotopic (exact) mass is 400 g/mol. The molecule has 0 aromatic heterocycles.